The molecule has 2 rings (SSSR count). The summed E-state index contributed by atoms with van der Waals surface area (Å²) in [6.45, 7) is 6.94. The van der Waals surface area contributed by atoms with Crippen LogP contribution in [0.1, 0.15) is 39.5 Å². The Kier molecular flexibility index (Phi) is 5.02. The second-order valence-corrected chi connectivity index (χ2v) is 6.30. The van der Waals surface area contributed by atoms with Gasteiger partial charge in [-0.25, -0.2) is 0 Å². The molecule has 1 saturated heterocycles. The number of hydrogen-bond donors (Lipinski definition) is 2. The Balaban J connectivity index is 1.86. The maximum absolute atomic E-state index is 12.3. The summed E-state index contributed by atoms with van der Waals surface area (Å²) in [5, 5.41) is 12.2. The lowest BCUT2D eigenvalue weighted by atomic mass is 9.95. The van der Waals surface area contributed by atoms with Crippen molar-refractivity contribution in [3.05, 3.63) is 0 Å². The molecule has 5 heteroatoms. The molecule has 0 aromatic rings. The van der Waals surface area contributed by atoms with Gasteiger partial charge in [0, 0.05) is 12.6 Å². The lowest BCUT2D eigenvalue weighted by Crippen LogP contribution is -2.43. The molecule has 2 aliphatic rings. The number of hydrogen-bond acceptors (Lipinski definition) is 3. The molecule has 2 fully saturated rings. The smallest absolute Gasteiger partial charge is 0.307 e. The zero-order valence-corrected chi connectivity index (χ0v) is 12.5. The Morgan fingerprint density at radius 1 is 1.30 bits per heavy atom. The van der Waals surface area contributed by atoms with Gasteiger partial charge in [-0.05, 0) is 44.7 Å². The summed E-state index contributed by atoms with van der Waals surface area (Å²) in [5.41, 5.74) is 0. The standard InChI is InChI=1S/C15H26N2O3/c1-3-17-6-4-5-11(17)9-16-14(18)12-7-10(2)8-13(12)15(19)20/h10-13H,3-9H2,1-2H3,(H,16,18)(H,19,20)/t10?,11?,12-,13+/m0/s1. The van der Waals surface area contributed by atoms with E-state index in [1.54, 1.807) is 0 Å². The van der Waals surface area contributed by atoms with Crippen molar-refractivity contribution < 1.29 is 14.7 Å². The largest absolute Gasteiger partial charge is 0.481 e. The van der Waals surface area contributed by atoms with Crippen LogP contribution in [0.2, 0.25) is 0 Å². The Bertz CT molecular complexity index is 372. The fourth-order valence-electron chi connectivity index (χ4n) is 3.75. The number of nitrogens with one attached hydrogen (secondary N) is 1. The van der Waals surface area contributed by atoms with Gasteiger partial charge >= 0.3 is 5.97 Å². The second kappa shape index (κ2) is 6.57. The number of carboxylic acids is 1. The highest BCUT2D eigenvalue weighted by atomic mass is 16.4. The summed E-state index contributed by atoms with van der Waals surface area (Å²) in [7, 11) is 0. The molecule has 5 nitrogen and oxygen atoms in total. The van der Waals surface area contributed by atoms with E-state index >= 15 is 0 Å². The van der Waals surface area contributed by atoms with Crippen molar-refractivity contribution in [1.29, 1.82) is 0 Å². The predicted molar refractivity (Wildman–Crippen MR) is 76.3 cm³/mol. The first kappa shape index (κ1) is 15.3. The van der Waals surface area contributed by atoms with Crippen molar-refractivity contribution >= 4 is 11.9 Å². The second-order valence-electron chi connectivity index (χ2n) is 6.30. The normalized spacial score (nSPS) is 34.3. The third kappa shape index (κ3) is 3.32. The van der Waals surface area contributed by atoms with Crippen LogP contribution in [0.4, 0.5) is 0 Å². The first-order valence-corrected chi connectivity index (χ1v) is 7.77. The van der Waals surface area contributed by atoms with E-state index in [1.807, 2.05) is 6.92 Å². The van der Waals surface area contributed by atoms with E-state index in [0.29, 0.717) is 31.3 Å². The summed E-state index contributed by atoms with van der Waals surface area (Å²) in [5.74, 6) is -1.42. The molecule has 4 atom stereocenters. The van der Waals surface area contributed by atoms with E-state index in [4.69, 9.17) is 0 Å². The third-order valence-corrected chi connectivity index (χ3v) is 4.87. The molecule has 114 valence electrons. The lowest BCUT2D eigenvalue weighted by molar-refractivity contribution is -0.146. The lowest BCUT2D eigenvalue weighted by Gasteiger charge is -2.24. The first-order valence-electron chi connectivity index (χ1n) is 7.77. The maximum Gasteiger partial charge on any atom is 0.307 e. The predicted octanol–water partition coefficient (Wildman–Crippen LogP) is 1.33. The molecule has 0 radical (unpaired) electrons. The molecule has 0 aromatic heterocycles. The van der Waals surface area contributed by atoms with Gasteiger partial charge in [-0.3, -0.25) is 14.5 Å². The van der Waals surface area contributed by atoms with Crippen LogP contribution in [0, 0.1) is 17.8 Å². The quantitative estimate of drug-likeness (QED) is 0.798. The maximum atomic E-state index is 12.3. The van der Waals surface area contributed by atoms with Gasteiger partial charge in [0.2, 0.25) is 5.91 Å². The van der Waals surface area contributed by atoms with Crippen LogP contribution in [-0.2, 0) is 9.59 Å². The van der Waals surface area contributed by atoms with Crippen molar-refractivity contribution in [2.24, 2.45) is 17.8 Å². The highest BCUT2D eigenvalue weighted by Gasteiger charge is 2.41. The molecule has 1 amide bonds. The molecule has 0 aromatic carbocycles. The van der Waals surface area contributed by atoms with Gasteiger partial charge < -0.3 is 10.4 Å². The van der Waals surface area contributed by atoms with Crippen molar-refractivity contribution in [2.45, 2.75) is 45.6 Å². The Labute approximate surface area is 120 Å². The van der Waals surface area contributed by atoms with Crippen molar-refractivity contribution in [2.75, 3.05) is 19.6 Å². The summed E-state index contributed by atoms with van der Waals surface area (Å²) in [6.07, 6.45) is 3.63. The van der Waals surface area contributed by atoms with Crippen LogP contribution >= 0.6 is 0 Å². The van der Waals surface area contributed by atoms with Crippen LogP contribution < -0.4 is 5.32 Å². The monoisotopic (exact) mass is 282 g/mol. The van der Waals surface area contributed by atoms with Crippen LogP contribution in [-0.4, -0.2) is 47.6 Å². The minimum Gasteiger partial charge on any atom is -0.481 e. The van der Waals surface area contributed by atoms with E-state index in [0.717, 1.165) is 19.5 Å². The molecule has 2 unspecified atom stereocenters. The topological polar surface area (TPSA) is 69.6 Å². The van der Waals surface area contributed by atoms with Gasteiger partial charge in [0.15, 0.2) is 0 Å². The number of rotatable bonds is 5. The van der Waals surface area contributed by atoms with Crippen molar-refractivity contribution in [3.63, 3.8) is 0 Å². The van der Waals surface area contributed by atoms with Crippen LogP contribution in [0.5, 0.6) is 0 Å². The molecular formula is C15H26N2O3. The molecule has 0 bridgehead atoms. The Morgan fingerprint density at radius 2 is 2.00 bits per heavy atom. The van der Waals surface area contributed by atoms with Gasteiger partial charge in [0.1, 0.15) is 0 Å². The molecule has 1 aliphatic heterocycles. The number of nitrogens with zero attached hydrogens (tertiary/aromatic N) is 1. The van der Waals surface area contributed by atoms with E-state index in [-0.39, 0.29) is 11.8 Å². The highest BCUT2D eigenvalue weighted by molar-refractivity contribution is 5.85. The third-order valence-electron chi connectivity index (χ3n) is 4.87. The number of likely N-dealkylation sites (N-methyl/N-ethyl adjacent to an activating group) is 1. The zero-order valence-electron chi connectivity index (χ0n) is 12.5. The zero-order chi connectivity index (χ0) is 14.7. The van der Waals surface area contributed by atoms with Crippen LogP contribution in [0.3, 0.4) is 0 Å². The fraction of sp³-hybridized carbons (Fsp3) is 0.867. The highest BCUT2D eigenvalue weighted by Crippen LogP contribution is 2.36. The van der Waals surface area contributed by atoms with Crippen molar-refractivity contribution in [3.8, 4) is 0 Å². The average molecular weight is 282 g/mol. The van der Waals surface area contributed by atoms with Gasteiger partial charge in [0.25, 0.3) is 0 Å². The summed E-state index contributed by atoms with van der Waals surface area (Å²) < 4.78 is 0. The van der Waals surface area contributed by atoms with E-state index in [9.17, 15) is 14.7 Å². The number of carbonyl (C=O) groups excluding carboxylic acids is 1. The minimum atomic E-state index is -0.828. The molecule has 0 spiro atoms. The van der Waals surface area contributed by atoms with Crippen molar-refractivity contribution in [1.82, 2.24) is 10.2 Å². The summed E-state index contributed by atoms with van der Waals surface area (Å²) >= 11 is 0. The van der Waals surface area contributed by atoms with Gasteiger partial charge in [-0.15, -0.1) is 0 Å². The fourth-order valence-corrected chi connectivity index (χ4v) is 3.75. The Hall–Kier alpha value is -1.10. The molecule has 2 N–H and O–H groups in total. The number of aliphatic carboxylic acids is 1. The van der Waals surface area contributed by atoms with Crippen LogP contribution in [0.15, 0.2) is 0 Å². The van der Waals surface area contributed by atoms with E-state index < -0.39 is 11.9 Å². The van der Waals surface area contributed by atoms with E-state index in [2.05, 4.69) is 17.1 Å². The number of amides is 1. The summed E-state index contributed by atoms with van der Waals surface area (Å²) in [4.78, 5) is 25.9. The Morgan fingerprint density at radius 3 is 2.65 bits per heavy atom. The SMILES string of the molecule is CCN1CCCC1CNC(=O)[C@H]1CC(C)C[C@H]1C(=O)O. The average Bonchev–Trinajstić information content (AvgIpc) is 3.01. The van der Waals surface area contributed by atoms with Gasteiger partial charge in [-0.2, -0.15) is 0 Å². The molecule has 1 aliphatic carbocycles. The first-order chi connectivity index (χ1) is 9.52. The van der Waals surface area contributed by atoms with Crippen LogP contribution in [0.25, 0.3) is 0 Å². The molecule has 1 saturated carbocycles. The number of carbonyl (C=O) groups is 2. The van der Waals surface area contributed by atoms with E-state index in [1.165, 1.54) is 6.42 Å². The number of likely N-dealkylation sites (tertiary alicyclic amines) is 1. The van der Waals surface area contributed by atoms with Gasteiger partial charge in [-0.1, -0.05) is 13.8 Å². The number of carboxylic acid groups (broad SMARTS) is 1. The molecule has 1 heterocycles. The molecular weight excluding hydrogens is 256 g/mol. The summed E-state index contributed by atoms with van der Waals surface area (Å²) in [6, 6.07) is 0.422. The minimum absolute atomic E-state index is 0.0651. The van der Waals surface area contributed by atoms with Gasteiger partial charge in [0.05, 0.1) is 11.8 Å². The molecule has 20 heavy (non-hydrogen) atoms.